The number of fused-ring (bicyclic) bond motifs is 2. The molecule has 0 aromatic heterocycles. The highest BCUT2D eigenvalue weighted by atomic mass is 16.6. The van der Waals surface area contributed by atoms with Crippen molar-refractivity contribution in [3.63, 3.8) is 0 Å². The molecular formula is C42H68O6. The fourth-order valence-corrected chi connectivity index (χ4v) is 11.7. The van der Waals surface area contributed by atoms with Crippen LogP contribution in [0.4, 0.5) is 0 Å². The summed E-state index contributed by atoms with van der Waals surface area (Å²) in [5, 5.41) is 0. The third kappa shape index (κ3) is 8.83. The molecule has 0 aromatic carbocycles. The zero-order valence-electron chi connectivity index (χ0n) is 30.2. The van der Waals surface area contributed by atoms with Crippen molar-refractivity contribution in [1.29, 1.82) is 0 Å². The van der Waals surface area contributed by atoms with Gasteiger partial charge in [-0.25, -0.2) is 0 Å². The summed E-state index contributed by atoms with van der Waals surface area (Å²) in [6, 6.07) is 0. The number of ether oxygens (including phenoxy) is 4. The Balaban J connectivity index is 0.848. The molecule has 8 unspecified atom stereocenters. The minimum absolute atomic E-state index is 0.00527. The SMILES string of the molecule is O=C(OC1CCC(OCC2CCCCC2)C2CCCCC12)C1CCC(C(=O)OC2CCC(OCC3CCCCC3)C3CCCCC23)CC1. The Morgan fingerprint density at radius 1 is 0.354 bits per heavy atom. The first-order valence-corrected chi connectivity index (χ1v) is 21.3. The molecule has 7 rings (SSSR count). The predicted octanol–water partition coefficient (Wildman–Crippen LogP) is 9.75. The molecule has 6 nitrogen and oxygen atoms in total. The summed E-state index contributed by atoms with van der Waals surface area (Å²) >= 11 is 0. The van der Waals surface area contributed by atoms with Gasteiger partial charge in [-0.3, -0.25) is 9.59 Å². The second-order valence-electron chi connectivity index (χ2n) is 17.6. The average Bonchev–Trinajstić information content (AvgIpc) is 3.15. The Bertz CT molecular complexity index is 930. The van der Waals surface area contributed by atoms with Crippen molar-refractivity contribution in [3.8, 4) is 0 Å². The van der Waals surface area contributed by atoms with E-state index >= 15 is 0 Å². The number of carbonyl (C=O) groups excluding carboxylic acids is 2. The van der Waals surface area contributed by atoms with Crippen molar-refractivity contribution in [3.05, 3.63) is 0 Å². The third-order valence-corrected chi connectivity index (χ3v) is 14.6. The topological polar surface area (TPSA) is 71.1 Å². The third-order valence-electron chi connectivity index (χ3n) is 14.6. The lowest BCUT2D eigenvalue weighted by molar-refractivity contribution is -0.174. The van der Waals surface area contributed by atoms with Gasteiger partial charge in [-0.1, -0.05) is 64.2 Å². The Morgan fingerprint density at radius 2 is 0.667 bits per heavy atom. The monoisotopic (exact) mass is 669 g/mol. The van der Waals surface area contributed by atoms with Crippen molar-refractivity contribution in [2.45, 2.75) is 191 Å². The van der Waals surface area contributed by atoms with E-state index in [0.29, 0.717) is 35.9 Å². The first kappa shape index (κ1) is 35.3. The first-order chi connectivity index (χ1) is 23.6. The summed E-state index contributed by atoms with van der Waals surface area (Å²) < 4.78 is 26.0. The van der Waals surface area contributed by atoms with E-state index < -0.39 is 0 Å². The van der Waals surface area contributed by atoms with Crippen LogP contribution in [0.1, 0.15) is 167 Å². The van der Waals surface area contributed by atoms with Crippen LogP contribution in [0.15, 0.2) is 0 Å². The van der Waals surface area contributed by atoms with E-state index in [1.54, 1.807) is 0 Å². The van der Waals surface area contributed by atoms with E-state index in [1.807, 2.05) is 0 Å². The van der Waals surface area contributed by atoms with Gasteiger partial charge < -0.3 is 18.9 Å². The van der Waals surface area contributed by atoms with E-state index in [1.165, 1.54) is 116 Å². The summed E-state index contributed by atoms with van der Waals surface area (Å²) in [5.41, 5.74) is 0. The van der Waals surface area contributed by atoms with Crippen LogP contribution < -0.4 is 0 Å². The Labute approximate surface area is 291 Å². The Kier molecular flexibility index (Phi) is 12.8. The normalized spacial score (nSPS) is 39.9. The lowest BCUT2D eigenvalue weighted by Crippen LogP contribution is -2.47. The van der Waals surface area contributed by atoms with Gasteiger partial charge in [0.05, 0.1) is 24.0 Å². The number of carbonyl (C=O) groups is 2. The maximum Gasteiger partial charge on any atom is 0.309 e. The Hall–Kier alpha value is -1.14. The number of rotatable bonds is 10. The van der Waals surface area contributed by atoms with Crippen LogP contribution in [0.3, 0.4) is 0 Å². The molecule has 7 aliphatic carbocycles. The lowest BCUT2D eigenvalue weighted by Gasteiger charge is -2.46. The second-order valence-corrected chi connectivity index (χ2v) is 17.6. The largest absolute Gasteiger partial charge is 0.462 e. The summed E-state index contributed by atoms with van der Waals surface area (Å²) in [6.45, 7) is 1.86. The van der Waals surface area contributed by atoms with Gasteiger partial charge in [0.1, 0.15) is 12.2 Å². The van der Waals surface area contributed by atoms with E-state index in [9.17, 15) is 9.59 Å². The van der Waals surface area contributed by atoms with Crippen LogP contribution in [0.5, 0.6) is 0 Å². The van der Waals surface area contributed by atoms with Gasteiger partial charge in [0, 0.05) is 25.0 Å². The van der Waals surface area contributed by atoms with Gasteiger partial charge in [0.25, 0.3) is 0 Å². The predicted molar refractivity (Wildman–Crippen MR) is 187 cm³/mol. The molecule has 0 saturated heterocycles. The van der Waals surface area contributed by atoms with Gasteiger partial charge in [-0.2, -0.15) is 0 Å². The van der Waals surface area contributed by atoms with Gasteiger partial charge >= 0.3 is 11.9 Å². The van der Waals surface area contributed by atoms with Crippen molar-refractivity contribution in [2.75, 3.05) is 13.2 Å². The van der Waals surface area contributed by atoms with Crippen LogP contribution in [0.25, 0.3) is 0 Å². The molecule has 272 valence electrons. The molecule has 0 N–H and O–H groups in total. The van der Waals surface area contributed by atoms with Gasteiger partial charge in [0.2, 0.25) is 0 Å². The maximum atomic E-state index is 13.5. The van der Waals surface area contributed by atoms with Gasteiger partial charge in [0.15, 0.2) is 0 Å². The standard InChI is InChI=1S/C42H68O6/c43-41(47-39-25-23-37(33-15-7-9-17-35(33)39)45-27-29-11-3-1-4-12-29)31-19-21-32(22-20-31)42(44)48-40-26-24-38(34-16-8-10-18-36(34)40)46-28-30-13-5-2-6-14-30/h29-40H,1-28H2. The van der Waals surface area contributed by atoms with Gasteiger partial charge in [-0.15, -0.1) is 0 Å². The van der Waals surface area contributed by atoms with Gasteiger partial charge in [-0.05, 0) is 126 Å². The highest BCUT2D eigenvalue weighted by Crippen LogP contribution is 2.46. The lowest BCUT2D eigenvalue weighted by atomic mass is 9.67. The van der Waals surface area contributed by atoms with Crippen LogP contribution in [-0.2, 0) is 28.5 Å². The summed E-state index contributed by atoms with van der Waals surface area (Å²) in [5.74, 6) is 3.33. The smallest absolute Gasteiger partial charge is 0.309 e. The maximum absolute atomic E-state index is 13.5. The molecule has 0 heterocycles. The summed E-state index contributed by atoms with van der Waals surface area (Å²) in [4.78, 5) is 27.0. The quantitative estimate of drug-likeness (QED) is 0.216. The minimum Gasteiger partial charge on any atom is -0.462 e. The minimum atomic E-state index is -0.0733. The molecule has 0 spiro atoms. The van der Waals surface area contributed by atoms with Crippen LogP contribution in [-0.4, -0.2) is 49.6 Å². The summed E-state index contributed by atoms with van der Waals surface area (Å²) in [6.07, 6.45) is 31.1. The molecule has 0 radical (unpaired) electrons. The number of esters is 2. The molecule has 7 saturated carbocycles. The van der Waals surface area contributed by atoms with E-state index in [2.05, 4.69) is 0 Å². The van der Waals surface area contributed by atoms with Crippen molar-refractivity contribution >= 4 is 11.9 Å². The zero-order chi connectivity index (χ0) is 32.7. The van der Waals surface area contributed by atoms with E-state index in [4.69, 9.17) is 18.9 Å². The van der Waals surface area contributed by atoms with E-state index in [-0.39, 0.29) is 36.0 Å². The van der Waals surface area contributed by atoms with Crippen LogP contribution >= 0.6 is 0 Å². The van der Waals surface area contributed by atoms with Crippen molar-refractivity contribution in [2.24, 2.45) is 47.3 Å². The molecule has 0 aliphatic heterocycles. The molecular weight excluding hydrogens is 600 g/mol. The highest BCUT2D eigenvalue weighted by molar-refractivity contribution is 5.75. The summed E-state index contributed by atoms with van der Waals surface area (Å²) in [7, 11) is 0. The fraction of sp³-hybridized carbons (Fsp3) is 0.952. The molecule has 0 amide bonds. The molecule has 7 aliphatic rings. The highest BCUT2D eigenvalue weighted by Gasteiger charge is 2.46. The molecule has 6 heteroatoms. The zero-order valence-corrected chi connectivity index (χ0v) is 30.2. The Morgan fingerprint density at radius 3 is 1.04 bits per heavy atom. The molecule has 0 bridgehead atoms. The average molecular weight is 669 g/mol. The van der Waals surface area contributed by atoms with Crippen molar-refractivity contribution < 1.29 is 28.5 Å². The van der Waals surface area contributed by atoms with E-state index in [0.717, 1.165) is 76.4 Å². The second kappa shape index (κ2) is 17.4. The molecule has 8 atom stereocenters. The van der Waals surface area contributed by atoms with Crippen molar-refractivity contribution in [1.82, 2.24) is 0 Å². The fourth-order valence-electron chi connectivity index (χ4n) is 11.7. The molecule has 48 heavy (non-hydrogen) atoms. The van der Waals surface area contributed by atoms with Crippen LogP contribution in [0.2, 0.25) is 0 Å². The molecule has 0 aromatic rings. The first-order valence-electron chi connectivity index (χ1n) is 21.3. The number of hydrogen-bond acceptors (Lipinski definition) is 6. The van der Waals surface area contributed by atoms with Crippen LogP contribution in [0, 0.1) is 47.3 Å². The molecule has 7 fully saturated rings. The number of hydrogen-bond donors (Lipinski definition) is 0.